The van der Waals surface area contributed by atoms with Gasteiger partial charge in [0.2, 0.25) is 15.2 Å². The van der Waals surface area contributed by atoms with Crippen molar-refractivity contribution in [2.24, 2.45) is 0 Å². The average molecular weight is 588 g/mol. The molecule has 1 atom stereocenters. The van der Waals surface area contributed by atoms with E-state index in [0.717, 1.165) is 19.6 Å². The van der Waals surface area contributed by atoms with Crippen molar-refractivity contribution in [3.63, 3.8) is 0 Å². The number of fused-ring (bicyclic) bond motifs is 4. The summed E-state index contributed by atoms with van der Waals surface area (Å²) in [4.78, 5) is 13.6. The predicted molar refractivity (Wildman–Crippen MR) is 141 cm³/mol. The highest BCUT2D eigenvalue weighted by molar-refractivity contribution is 7.89. The lowest BCUT2D eigenvalue weighted by Crippen LogP contribution is -2.58. The van der Waals surface area contributed by atoms with Crippen LogP contribution < -0.4 is 9.62 Å². The number of rotatable bonds is 6. The molecule has 208 valence electrons. The number of nitrogens with one attached hydrogen (secondary N) is 1. The van der Waals surface area contributed by atoms with Crippen LogP contribution in [0.15, 0.2) is 29.4 Å². The van der Waals surface area contributed by atoms with Crippen LogP contribution >= 0.6 is 11.3 Å². The molecule has 12 nitrogen and oxygen atoms in total. The van der Waals surface area contributed by atoms with Gasteiger partial charge in [0.15, 0.2) is 10.7 Å². The van der Waals surface area contributed by atoms with Crippen LogP contribution in [-0.4, -0.2) is 89.0 Å². The molecule has 3 aliphatic rings. The van der Waals surface area contributed by atoms with Crippen LogP contribution in [-0.2, 0) is 14.8 Å². The molecule has 1 N–H and O–H groups in total. The van der Waals surface area contributed by atoms with Crippen LogP contribution in [0.3, 0.4) is 0 Å². The maximum absolute atomic E-state index is 13.4. The molecular formula is C24H23F2N9O3S2. The Morgan fingerprint density at radius 1 is 1.20 bits per heavy atom. The summed E-state index contributed by atoms with van der Waals surface area (Å²) in [5.41, 5.74) is -0.300. The van der Waals surface area contributed by atoms with Crippen LogP contribution in [0.1, 0.15) is 24.3 Å². The van der Waals surface area contributed by atoms with Crippen LogP contribution in [0.4, 0.5) is 14.6 Å². The molecule has 0 amide bonds. The Morgan fingerprint density at radius 2 is 2.05 bits per heavy atom. The summed E-state index contributed by atoms with van der Waals surface area (Å²) >= 11 is 0.707. The number of piperazine rings is 1. The van der Waals surface area contributed by atoms with Crippen molar-refractivity contribution >= 4 is 49.1 Å². The molecule has 0 bridgehead atoms. The van der Waals surface area contributed by atoms with Gasteiger partial charge >= 0.3 is 0 Å². The van der Waals surface area contributed by atoms with E-state index in [1.54, 1.807) is 10.6 Å². The Bertz CT molecular complexity index is 1780. The van der Waals surface area contributed by atoms with Crippen molar-refractivity contribution < 1.29 is 21.9 Å². The molecule has 1 aromatic carbocycles. The minimum absolute atomic E-state index is 0.0633. The molecule has 16 heteroatoms. The molecule has 3 aromatic heterocycles. The summed E-state index contributed by atoms with van der Waals surface area (Å²) in [6.07, 6.45) is -0.524. The third-order valence-corrected chi connectivity index (χ3v) is 10.1. The second-order valence-corrected chi connectivity index (χ2v) is 12.8. The third kappa shape index (κ3) is 4.20. The minimum atomic E-state index is -4.05. The van der Waals surface area contributed by atoms with Crippen molar-refractivity contribution in [1.82, 2.24) is 34.4 Å². The van der Waals surface area contributed by atoms with E-state index in [0.29, 0.717) is 71.7 Å². The van der Waals surface area contributed by atoms with E-state index in [9.17, 15) is 22.5 Å². The van der Waals surface area contributed by atoms with Gasteiger partial charge in [0, 0.05) is 31.6 Å². The minimum Gasteiger partial charge on any atom is -0.378 e. The normalized spacial score (nSPS) is 21.1. The Labute approximate surface area is 231 Å². The van der Waals surface area contributed by atoms with E-state index in [1.165, 1.54) is 18.5 Å². The number of hydrogen-bond acceptors (Lipinski definition) is 11. The molecule has 5 heterocycles. The van der Waals surface area contributed by atoms with Gasteiger partial charge in [-0.25, -0.2) is 27.2 Å². The molecule has 0 radical (unpaired) electrons. The van der Waals surface area contributed by atoms with Gasteiger partial charge in [0.25, 0.3) is 6.43 Å². The van der Waals surface area contributed by atoms with Crippen molar-refractivity contribution in [2.75, 3.05) is 44.3 Å². The van der Waals surface area contributed by atoms with Gasteiger partial charge < -0.3 is 9.64 Å². The number of ether oxygens (including phenoxy) is 1. The summed E-state index contributed by atoms with van der Waals surface area (Å²) in [7, 11) is -4.05. The molecule has 4 aromatic rings. The molecule has 0 spiro atoms. The Kier molecular flexibility index (Phi) is 5.98. The largest absolute Gasteiger partial charge is 0.378 e. The zero-order valence-corrected chi connectivity index (χ0v) is 22.6. The van der Waals surface area contributed by atoms with Crippen molar-refractivity contribution in [1.29, 1.82) is 5.26 Å². The second-order valence-electron chi connectivity index (χ2n) is 10.1. The molecule has 1 saturated carbocycles. The number of aromatic nitrogens is 5. The number of benzene rings is 1. The van der Waals surface area contributed by atoms with Gasteiger partial charge in [0.1, 0.15) is 17.7 Å². The quantitative estimate of drug-likeness (QED) is 0.357. The van der Waals surface area contributed by atoms with Gasteiger partial charge in [-0.05, 0) is 25.0 Å². The van der Waals surface area contributed by atoms with E-state index >= 15 is 0 Å². The van der Waals surface area contributed by atoms with Gasteiger partial charge in [0.05, 0.1) is 41.1 Å². The number of nitriles is 1. The maximum atomic E-state index is 13.4. The highest BCUT2D eigenvalue weighted by Gasteiger charge is 2.47. The monoisotopic (exact) mass is 587 g/mol. The highest BCUT2D eigenvalue weighted by Crippen LogP contribution is 2.40. The van der Waals surface area contributed by atoms with Crippen LogP contribution in [0.2, 0.25) is 0 Å². The van der Waals surface area contributed by atoms with E-state index in [2.05, 4.69) is 34.7 Å². The Hall–Kier alpha value is -3.36. The SMILES string of the molecule is N#CC1(NS(=O)(=O)c2ccc3c4c(N5CCN6CCOCC6C5)ncnc4n(-c4nnc(C(F)F)s4)c3c2)CC1. The van der Waals surface area contributed by atoms with Gasteiger partial charge in [-0.1, -0.05) is 17.4 Å². The Morgan fingerprint density at radius 3 is 2.80 bits per heavy atom. The first-order valence-corrected chi connectivity index (χ1v) is 15.0. The zero-order valence-electron chi connectivity index (χ0n) is 21.0. The van der Waals surface area contributed by atoms with Crippen LogP contribution in [0.5, 0.6) is 0 Å². The van der Waals surface area contributed by atoms with E-state index < -0.39 is 27.0 Å². The number of alkyl halides is 2. The molecule has 1 unspecified atom stereocenters. The summed E-state index contributed by atoms with van der Waals surface area (Å²) in [6.45, 7) is 4.43. The molecule has 1 aliphatic carbocycles. The fourth-order valence-electron chi connectivity index (χ4n) is 5.42. The van der Waals surface area contributed by atoms with Crippen LogP contribution in [0, 0.1) is 11.3 Å². The summed E-state index contributed by atoms with van der Waals surface area (Å²) in [5.74, 6) is 0.660. The van der Waals surface area contributed by atoms with Crippen LogP contribution in [0.25, 0.3) is 27.1 Å². The van der Waals surface area contributed by atoms with E-state index in [-0.39, 0.29) is 16.1 Å². The fourth-order valence-corrected chi connectivity index (χ4v) is 7.53. The van der Waals surface area contributed by atoms with Gasteiger partial charge in [-0.2, -0.15) is 9.98 Å². The zero-order chi connectivity index (χ0) is 27.6. The van der Waals surface area contributed by atoms with Crippen molar-refractivity contribution in [3.8, 4) is 11.2 Å². The lowest BCUT2D eigenvalue weighted by Gasteiger charge is -2.44. The first kappa shape index (κ1) is 25.6. The molecule has 40 heavy (non-hydrogen) atoms. The summed E-state index contributed by atoms with van der Waals surface area (Å²) in [6, 6.07) is 6.82. The number of nitrogens with zero attached hydrogens (tertiary/aromatic N) is 8. The predicted octanol–water partition coefficient (Wildman–Crippen LogP) is 2.22. The number of hydrogen-bond donors (Lipinski definition) is 1. The van der Waals surface area contributed by atoms with E-state index in [4.69, 9.17) is 4.74 Å². The van der Waals surface area contributed by atoms with Crippen molar-refractivity contribution in [3.05, 3.63) is 29.5 Å². The average Bonchev–Trinajstić information content (AvgIpc) is 3.40. The molecule has 2 saturated heterocycles. The fraction of sp³-hybridized carbons (Fsp3) is 0.458. The van der Waals surface area contributed by atoms with E-state index in [1.807, 2.05) is 6.07 Å². The van der Waals surface area contributed by atoms with Gasteiger partial charge in [-0.3, -0.25) is 9.47 Å². The molecular weight excluding hydrogens is 564 g/mol. The Balaban J connectivity index is 1.40. The maximum Gasteiger partial charge on any atom is 0.291 e. The summed E-state index contributed by atoms with van der Waals surface area (Å²) < 4.78 is 63.1. The number of morpholine rings is 1. The number of sulfonamides is 1. The topological polar surface area (TPSA) is 142 Å². The van der Waals surface area contributed by atoms with Gasteiger partial charge in [-0.15, -0.1) is 10.2 Å². The molecule has 3 fully saturated rings. The number of halogens is 2. The molecule has 7 rings (SSSR count). The first-order chi connectivity index (χ1) is 19.3. The number of anilines is 1. The smallest absolute Gasteiger partial charge is 0.291 e. The lowest BCUT2D eigenvalue weighted by molar-refractivity contribution is -0.0117. The summed E-state index contributed by atoms with van der Waals surface area (Å²) in [5, 5.41) is 18.0. The molecule has 2 aliphatic heterocycles. The standard InChI is InChI=1S/C24H23F2N9O3S2/c25-19(26)22-30-31-23(39-22)35-17-9-15(40(36,37)32-24(12-27)3-4-24)1-2-16(17)18-20(28-13-29-21(18)35)34-6-5-33-7-8-38-11-14(33)10-34/h1-2,9,13-14,19,32H,3-8,10-11H2. The third-order valence-electron chi connectivity index (χ3n) is 7.65. The first-order valence-electron chi connectivity index (χ1n) is 12.7. The lowest BCUT2D eigenvalue weighted by atomic mass is 10.1. The highest BCUT2D eigenvalue weighted by atomic mass is 32.2. The van der Waals surface area contributed by atoms with Crippen molar-refractivity contribution in [2.45, 2.75) is 35.7 Å². The second kappa shape index (κ2) is 9.35.